The maximum absolute atomic E-state index is 12.8. The van der Waals surface area contributed by atoms with E-state index in [0.717, 1.165) is 16.4 Å². The molecule has 1 aromatic carbocycles. The van der Waals surface area contributed by atoms with Crippen LogP contribution in [-0.2, 0) is 24.2 Å². The van der Waals surface area contributed by atoms with Gasteiger partial charge < -0.3 is 14.2 Å². The number of aromatic nitrogens is 2. The number of pyridine rings is 1. The Morgan fingerprint density at radius 1 is 1.18 bits per heavy atom. The summed E-state index contributed by atoms with van der Waals surface area (Å²) in [5.74, 6) is -0.366. The first kappa shape index (κ1) is 25.3. The Morgan fingerprint density at radius 2 is 1.85 bits per heavy atom. The maximum Gasteiger partial charge on any atom is 0.338 e. The number of benzene rings is 1. The molecule has 0 unspecified atom stereocenters. The predicted octanol–water partition coefficient (Wildman–Crippen LogP) is 5.75. The summed E-state index contributed by atoms with van der Waals surface area (Å²) in [6.45, 7) is 8.24. The lowest BCUT2D eigenvalue weighted by Crippen LogP contribution is -2.29. The van der Waals surface area contributed by atoms with Crippen molar-refractivity contribution in [1.82, 2.24) is 9.55 Å². The van der Waals surface area contributed by atoms with E-state index in [9.17, 15) is 9.59 Å². The highest BCUT2D eigenvalue weighted by Gasteiger charge is 2.18. The summed E-state index contributed by atoms with van der Waals surface area (Å²) in [7, 11) is 1.91. The number of rotatable bonds is 7. The Bertz CT molecular complexity index is 1200. The van der Waals surface area contributed by atoms with E-state index in [2.05, 4.69) is 4.98 Å². The zero-order valence-corrected chi connectivity index (χ0v) is 21.6. The number of carbonyl (C=O) groups excluding carboxylic acids is 1. The van der Waals surface area contributed by atoms with Gasteiger partial charge in [0, 0.05) is 19.0 Å². The molecule has 0 aliphatic carbocycles. The van der Waals surface area contributed by atoms with Crippen molar-refractivity contribution in [3.63, 3.8) is 0 Å². The smallest absolute Gasteiger partial charge is 0.338 e. The molecule has 0 saturated heterocycles. The van der Waals surface area contributed by atoms with Crippen LogP contribution in [0, 0.1) is 6.92 Å². The Kier molecular flexibility index (Phi) is 7.88. The Hall–Kier alpha value is -2.35. The van der Waals surface area contributed by atoms with Gasteiger partial charge in [0.25, 0.3) is 5.56 Å². The molecule has 0 fully saturated rings. The number of hydrogen-bond acceptors (Lipinski definition) is 6. The van der Waals surface area contributed by atoms with Gasteiger partial charge in [-0.15, -0.1) is 11.3 Å². The monoisotopic (exact) mass is 507 g/mol. The molecule has 3 aromatic rings. The van der Waals surface area contributed by atoms with E-state index < -0.39 is 5.60 Å². The molecule has 2 heterocycles. The topological polar surface area (TPSA) is 64.4 Å². The molecule has 0 atom stereocenters. The van der Waals surface area contributed by atoms with Gasteiger partial charge in [0.05, 0.1) is 28.5 Å². The summed E-state index contributed by atoms with van der Waals surface area (Å²) in [4.78, 5) is 31.5. The van der Waals surface area contributed by atoms with Crippen molar-refractivity contribution in [2.45, 2.75) is 52.8 Å². The van der Waals surface area contributed by atoms with Crippen molar-refractivity contribution in [3.8, 4) is 0 Å². The van der Waals surface area contributed by atoms with Crippen LogP contribution in [-0.4, -0.2) is 28.2 Å². The van der Waals surface area contributed by atoms with Gasteiger partial charge in [-0.05, 0) is 57.9 Å². The molecule has 6 nitrogen and oxygen atoms in total. The van der Waals surface area contributed by atoms with E-state index in [1.165, 1.54) is 17.4 Å². The van der Waals surface area contributed by atoms with Crippen LogP contribution in [0.3, 0.4) is 0 Å². The van der Waals surface area contributed by atoms with Gasteiger partial charge in [-0.25, -0.2) is 9.78 Å². The number of esters is 1. The summed E-state index contributed by atoms with van der Waals surface area (Å²) in [6.07, 6.45) is 0.568. The number of halogens is 2. The van der Waals surface area contributed by atoms with Crippen molar-refractivity contribution in [3.05, 3.63) is 78.6 Å². The first-order chi connectivity index (χ1) is 15.4. The van der Waals surface area contributed by atoms with E-state index in [1.54, 1.807) is 16.7 Å². The molecule has 0 spiro atoms. The quantitative estimate of drug-likeness (QED) is 0.380. The second-order valence-electron chi connectivity index (χ2n) is 8.82. The van der Waals surface area contributed by atoms with E-state index in [1.807, 2.05) is 57.2 Å². The standard InChI is InChI=1S/C24H27Cl2N3O3S/c1-15-14-33-23(27-15)28(5)13-20-18(25)12-19(26)21(30)29(20)11-10-16-6-8-17(9-7-16)22(31)32-24(2,3)4/h6-9,12,14H,10-11,13H2,1-5H3. The third kappa shape index (κ3) is 6.59. The molecule has 9 heteroatoms. The largest absolute Gasteiger partial charge is 0.456 e. The van der Waals surface area contributed by atoms with E-state index >= 15 is 0 Å². The van der Waals surface area contributed by atoms with Crippen LogP contribution in [0.5, 0.6) is 0 Å². The number of nitrogens with zero attached hydrogens (tertiary/aromatic N) is 3. The number of aryl methyl sites for hydroxylation is 2. The number of hydrogen-bond donors (Lipinski definition) is 0. The first-order valence-electron chi connectivity index (χ1n) is 10.5. The minimum Gasteiger partial charge on any atom is -0.456 e. The van der Waals surface area contributed by atoms with E-state index in [0.29, 0.717) is 35.8 Å². The molecule has 0 amide bonds. The molecule has 176 valence electrons. The summed E-state index contributed by atoms with van der Waals surface area (Å²) in [5.41, 5.74) is 2.23. The summed E-state index contributed by atoms with van der Waals surface area (Å²) >= 11 is 14.2. The summed E-state index contributed by atoms with van der Waals surface area (Å²) in [5, 5.41) is 3.33. The Balaban J connectivity index is 1.79. The molecule has 0 bridgehead atoms. The zero-order valence-electron chi connectivity index (χ0n) is 19.3. The lowest BCUT2D eigenvalue weighted by molar-refractivity contribution is 0.00695. The second-order valence-corrected chi connectivity index (χ2v) is 10.5. The van der Waals surface area contributed by atoms with Crippen LogP contribution >= 0.6 is 34.5 Å². The molecule has 0 N–H and O–H groups in total. The van der Waals surface area contributed by atoms with Gasteiger partial charge in [-0.1, -0.05) is 35.3 Å². The van der Waals surface area contributed by atoms with Crippen molar-refractivity contribution < 1.29 is 9.53 Å². The van der Waals surface area contributed by atoms with Crippen molar-refractivity contribution >= 4 is 45.6 Å². The highest BCUT2D eigenvalue weighted by atomic mass is 35.5. The lowest BCUT2D eigenvalue weighted by Gasteiger charge is -2.21. The first-order valence-corrected chi connectivity index (χ1v) is 12.1. The third-order valence-electron chi connectivity index (χ3n) is 4.84. The van der Waals surface area contributed by atoms with Crippen molar-refractivity contribution in [2.24, 2.45) is 0 Å². The van der Waals surface area contributed by atoms with Crippen molar-refractivity contribution in [1.29, 1.82) is 0 Å². The fourth-order valence-electron chi connectivity index (χ4n) is 3.23. The molecule has 0 radical (unpaired) electrons. The number of anilines is 1. The van der Waals surface area contributed by atoms with Crippen LogP contribution in [0.4, 0.5) is 5.13 Å². The third-order valence-corrected chi connectivity index (χ3v) is 6.51. The normalized spacial score (nSPS) is 11.5. The SMILES string of the molecule is Cc1csc(N(C)Cc2c(Cl)cc(Cl)c(=O)n2CCc2ccc(C(=O)OC(C)(C)C)cc2)n1. The van der Waals surface area contributed by atoms with Crippen LogP contribution in [0.15, 0.2) is 40.5 Å². The lowest BCUT2D eigenvalue weighted by atomic mass is 10.1. The summed E-state index contributed by atoms with van der Waals surface area (Å²) in [6, 6.07) is 8.68. The van der Waals surface area contributed by atoms with Crippen LogP contribution < -0.4 is 10.5 Å². The van der Waals surface area contributed by atoms with Gasteiger partial charge in [-0.3, -0.25) is 4.79 Å². The Labute approximate surface area is 207 Å². The molecule has 0 saturated carbocycles. The average Bonchev–Trinajstić information content (AvgIpc) is 3.17. The van der Waals surface area contributed by atoms with E-state index in [4.69, 9.17) is 27.9 Å². The van der Waals surface area contributed by atoms with Gasteiger partial charge in [-0.2, -0.15) is 0 Å². The number of carbonyl (C=O) groups is 1. The average molecular weight is 508 g/mol. The Morgan fingerprint density at radius 3 is 2.42 bits per heavy atom. The van der Waals surface area contributed by atoms with Gasteiger partial charge in [0.15, 0.2) is 5.13 Å². The molecule has 2 aromatic heterocycles. The maximum atomic E-state index is 12.8. The highest BCUT2D eigenvalue weighted by Crippen LogP contribution is 2.25. The van der Waals surface area contributed by atoms with Crippen LogP contribution in [0.1, 0.15) is 48.1 Å². The van der Waals surface area contributed by atoms with Crippen molar-refractivity contribution in [2.75, 3.05) is 11.9 Å². The van der Waals surface area contributed by atoms with Gasteiger partial charge in [0.1, 0.15) is 10.6 Å². The molecule has 33 heavy (non-hydrogen) atoms. The van der Waals surface area contributed by atoms with Gasteiger partial charge in [0.2, 0.25) is 0 Å². The minimum absolute atomic E-state index is 0.0803. The van der Waals surface area contributed by atoms with Crippen LogP contribution in [0.2, 0.25) is 10.0 Å². The van der Waals surface area contributed by atoms with Gasteiger partial charge >= 0.3 is 5.97 Å². The molecule has 0 aliphatic rings. The zero-order chi connectivity index (χ0) is 24.3. The minimum atomic E-state index is -0.552. The fraction of sp³-hybridized carbons (Fsp3) is 0.375. The number of thiazole rings is 1. The highest BCUT2D eigenvalue weighted by molar-refractivity contribution is 7.13. The van der Waals surface area contributed by atoms with Crippen LogP contribution in [0.25, 0.3) is 0 Å². The fourth-order valence-corrected chi connectivity index (χ4v) is 4.54. The number of ether oxygens (including phenoxy) is 1. The predicted molar refractivity (Wildman–Crippen MR) is 135 cm³/mol. The summed E-state index contributed by atoms with van der Waals surface area (Å²) < 4.78 is 7.02. The molecule has 3 rings (SSSR count). The molecule has 0 aliphatic heterocycles. The van der Waals surface area contributed by atoms with E-state index in [-0.39, 0.29) is 16.6 Å². The second kappa shape index (κ2) is 10.3. The molecular weight excluding hydrogens is 481 g/mol. The molecular formula is C24H27Cl2N3O3S.